The number of carboxylic acids is 1. The fourth-order valence-electron chi connectivity index (χ4n) is 1.54. The van der Waals surface area contributed by atoms with Crippen molar-refractivity contribution in [2.24, 2.45) is 0 Å². The predicted molar refractivity (Wildman–Crippen MR) is 75.4 cm³/mol. The first kappa shape index (κ1) is 16.2. The average Bonchev–Trinajstić information content (AvgIpc) is 2.84. The summed E-state index contributed by atoms with van der Waals surface area (Å²) in [7, 11) is 0. The molecule has 3 N–H and O–H groups in total. The second-order valence-corrected chi connectivity index (χ2v) is 5.30. The highest BCUT2D eigenvalue weighted by Crippen LogP contribution is 2.16. The Kier molecular flexibility index (Phi) is 6.72. The van der Waals surface area contributed by atoms with E-state index in [2.05, 4.69) is 17.8 Å². The van der Waals surface area contributed by atoms with Gasteiger partial charge in [0.05, 0.1) is 5.56 Å². The number of rotatable bonds is 7. The number of carbonyl (C=O) groups excluding carboxylic acids is 2. The number of carbonyl (C=O) groups is 3. The van der Waals surface area contributed by atoms with E-state index in [9.17, 15) is 14.4 Å². The van der Waals surface area contributed by atoms with Gasteiger partial charge in [-0.05, 0) is 18.9 Å². The van der Waals surface area contributed by atoms with Crippen molar-refractivity contribution in [3.63, 3.8) is 0 Å². The molecule has 0 bridgehead atoms. The van der Waals surface area contributed by atoms with Gasteiger partial charge in [0.2, 0.25) is 5.91 Å². The maximum absolute atomic E-state index is 11.7. The van der Waals surface area contributed by atoms with Gasteiger partial charge >= 0.3 is 5.97 Å². The summed E-state index contributed by atoms with van der Waals surface area (Å²) in [6.07, 6.45) is 2.20. The SMILES string of the molecule is CCCc1cc(C(=O)NNC(=O)CCCC(=O)O)cs1. The number of aliphatic carboxylic acids is 1. The fraction of sp³-hybridized carbons (Fsp3) is 0.462. The molecule has 0 aliphatic carbocycles. The molecule has 6 nitrogen and oxygen atoms in total. The summed E-state index contributed by atoms with van der Waals surface area (Å²) in [4.78, 5) is 34.5. The van der Waals surface area contributed by atoms with Crippen LogP contribution in [0.1, 0.15) is 47.8 Å². The van der Waals surface area contributed by atoms with E-state index < -0.39 is 11.9 Å². The minimum atomic E-state index is -0.941. The van der Waals surface area contributed by atoms with Crippen LogP contribution in [0.5, 0.6) is 0 Å². The molecule has 0 unspecified atom stereocenters. The minimum Gasteiger partial charge on any atom is -0.481 e. The molecular weight excluding hydrogens is 280 g/mol. The van der Waals surface area contributed by atoms with Crippen LogP contribution in [0.25, 0.3) is 0 Å². The number of hydrazine groups is 1. The zero-order chi connectivity index (χ0) is 15.0. The highest BCUT2D eigenvalue weighted by atomic mass is 32.1. The Morgan fingerprint density at radius 1 is 1.25 bits per heavy atom. The molecule has 0 atom stereocenters. The second kappa shape index (κ2) is 8.31. The number of thiophene rings is 1. The zero-order valence-electron chi connectivity index (χ0n) is 11.3. The fourth-order valence-corrected chi connectivity index (χ4v) is 2.51. The predicted octanol–water partition coefficient (Wildman–Crippen LogP) is 1.72. The van der Waals surface area contributed by atoms with Crippen molar-refractivity contribution < 1.29 is 19.5 Å². The Morgan fingerprint density at radius 2 is 2.00 bits per heavy atom. The van der Waals surface area contributed by atoms with Crippen LogP contribution in [0, 0.1) is 0 Å². The third kappa shape index (κ3) is 5.83. The first-order valence-corrected chi connectivity index (χ1v) is 7.29. The Balaban J connectivity index is 2.31. The average molecular weight is 298 g/mol. The molecule has 2 amide bonds. The molecule has 1 aromatic heterocycles. The van der Waals surface area contributed by atoms with Gasteiger partial charge in [-0.25, -0.2) is 0 Å². The summed E-state index contributed by atoms with van der Waals surface area (Å²) < 4.78 is 0. The van der Waals surface area contributed by atoms with Crippen molar-refractivity contribution in [3.05, 3.63) is 21.9 Å². The molecule has 0 aliphatic rings. The number of hydrogen-bond donors (Lipinski definition) is 3. The number of hydrogen-bond acceptors (Lipinski definition) is 4. The van der Waals surface area contributed by atoms with Crippen molar-refractivity contribution in [1.29, 1.82) is 0 Å². The summed E-state index contributed by atoms with van der Waals surface area (Å²) >= 11 is 1.51. The van der Waals surface area contributed by atoms with Crippen molar-refractivity contribution in [2.45, 2.75) is 39.0 Å². The highest BCUT2D eigenvalue weighted by Gasteiger charge is 2.10. The van der Waals surface area contributed by atoms with Gasteiger partial charge in [0, 0.05) is 23.1 Å². The molecule has 20 heavy (non-hydrogen) atoms. The van der Waals surface area contributed by atoms with E-state index in [0.717, 1.165) is 17.7 Å². The summed E-state index contributed by atoms with van der Waals surface area (Å²) in [5.41, 5.74) is 5.10. The van der Waals surface area contributed by atoms with Crippen LogP contribution in [0.4, 0.5) is 0 Å². The molecule has 1 rings (SSSR count). The Bertz CT molecular complexity index is 484. The summed E-state index contributed by atoms with van der Waals surface area (Å²) in [5.74, 6) is -1.71. The van der Waals surface area contributed by atoms with Gasteiger partial charge in [-0.15, -0.1) is 11.3 Å². The van der Waals surface area contributed by atoms with Crippen LogP contribution in [-0.4, -0.2) is 22.9 Å². The minimum absolute atomic E-state index is 0.0632. The normalized spacial score (nSPS) is 10.1. The van der Waals surface area contributed by atoms with Crippen LogP contribution >= 0.6 is 11.3 Å². The molecular formula is C13H18N2O4S. The lowest BCUT2D eigenvalue weighted by atomic mass is 10.2. The molecule has 0 radical (unpaired) electrons. The van der Waals surface area contributed by atoms with Gasteiger partial charge < -0.3 is 5.11 Å². The van der Waals surface area contributed by atoms with Crippen molar-refractivity contribution >= 4 is 29.1 Å². The first-order valence-electron chi connectivity index (χ1n) is 6.41. The van der Waals surface area contributed by atoms with E-state index >= 15 is 0 Å². The summed E-state index contributed by atoms with van der Waals surface area (Å²) in [6.45, 7) is 2.07. The van der Waals surface area contributed by atoms with Crippen molar-refractivity contribution in [2.75, 3.05) is 0 Å². The van der Waals surface area contributed by atoms with Gasteiger partial charge in [0.15, 0.2) is 0 Å². The van der Waals surface area contributed by atoms with Crippen LogP contribution in [0.15, 0.2) is 11.4 Å². The van der Waals surface area contributed by atoms with E-state index in [-0.39, 0.29) is 25.2 Å². The number of amides is 2. The van der Waals surface area contributed by atoms with E-state index in [1.54, 1.807) is 11.4 Å². The smallest absolute Gasteiger partial charge is 0.303 e. The highest BCUT2D eigenvalue weighted by molar-refractivity contribution is 7.10. The van der Waals surface area contributed by atoms with Crippen molar-refractivity contribution in [3.8, 4) is 0 Å². The first-order chi connectivity index (χ1) is 9.52. The lowest BCUT2D eigenvalue weighted by Crippen LogP contribution is -2.41. The van der Waals surface area contributed by atoms with Crippen LogP contribution < -0.4 is 10.9 Å². The van der Waals surface area contributed by atoms with E-state index in [4.69, 9.17) is 5.11 Å². The summed E-state index contributed by atoms with van der Waals surface area (Å²) in [5, 5.41) is 10.2. The second-order valence-electron chi connectivity index (χ2n) is 4.30. The van der Waals surface area contributed by atoms with Crippen LogP contribution in [-0.2, 0) is 16.0 Å². The van der Waals surface area contributed by atoms with Crippen LogP contribution in [0.2, 0.25) is 0 Å². The molecule has 7 heteroatoms. The van der Waals surface area contributed by atoms with Gasteiger partial charge in [0.1, 0.15) is 0 Å². The molecule has 0 fully saturated rings. The Hall–Kier alpha value is -1.89. The molecule has 0 saturated heterocycles. The molecule has 1 heterocycles. The zero-order valence-corrected chi connectivity index (χ0v) is 12.1. The standard InChI is InChI=1S/C13H18N2O4S/c1-2-4-10-7-9(8-20-10)13(19)15-14-11(16)5-3-6-12(17)18/h7-8H,2-6H2,1H3,(H,14,16)(H,15,19)(H,17,18). The molecule has 0 aromatic carbocycles. The summed E-state index contributed by atoms with van der Waals surface area (Å²) in [6, 6.07) is 1.81. The Morgan fingerprint density at radius 3 is 2.65 bits per heavy atom. The lowest BCUT2D eigenvalue weighted by molar-refractivity contribution is -0.137. The topological polar surface area (TPSA) is 95.5 Å². The lowest BCUT2D eigenvalue weighted by Gasteiger charge is -2.05. The van der Waals surface area contributed by atoms with Gasteiger partial charge in [0.25, 0.3) is 5.91 Å². The monoisotopic (exact) mass is 298 g/mol. The molecule has 0 aliphatic heterocycles. The molecule has 110 valence electrons. The number of carboxylic acid groups (broad SMARTS) is 1. The number of aryl methyl sites for hydroxylation is 1. The van der Waals surface area contributed by atoms with E-state index in [0.29, 0.717) is 5.56 Å². The van der Waals surface area contributed by atoms with Crippen molar-refractivity contribution in [1.82, 2.24) is 10.9 Å². The molecule has 0 saturated carbocycles. The molecule has 0 spiro atoms. The maximum Gasteiger partial charge on any atom is 0.303 e. The van der Waals surface area contributed by atoms with E-state index in [1.807, 2.05) is 0 Å². The van der Waals surface area contributed by atoms with Gasteiger partial charge in [-0.1, -0.05) is 13.3 Å². The number of nitrogens with one attached hydrogen (secondary N) is 2. The quantitative estimate of drug-likeness (QED) is 0.668. The maximum atomic E-state index is 11.7. The third-order valence-electron chi connectivity index (χ3n) is 2.52. The Labute approximate surface area is 121 Å². The van der Waals surface area contributed by atoms with Gasteiger partial charge in [-0.2, -0.15) is 0 Å². The van der Waals surface area contributed by atoms with E-state index in [1.165, 1.54) is 11.3 Å². The largest absolute Gasteiger partial charge is 0.481 e. The van der Waals surface area contributed by atoms with Crippen LogP contribution in [0.3, 0.4) is 0 Å². The molecule has 1 aromatic rings. The van der Waals surface area contributed by atoms with Gasteiger partial charge in [-0.3, -0.25) is 25.2 Å². The third-order valence-corrected chi connectivity index (χ3v) is 3.52.